The van der Waals surface area contributed by atoms with Crippen LogP contribution in [0.2, 0.25) is 0 Å². The third-order valence-electron chi connectivity index (χ3n) is 3.65. The Morgan fingerprint density at radius 2 is 2.10 bits per heavy atom. The van der Waals surface area contributed by atoms with Crippen molar-refractivity contribution < 1.29 is 9.53 Å². The third-order valence-corrected chi connectivity index (χ3v) is 3.65. The third kappa shape index (κ3) is 5.36. The maximum absolute atomic E-state index is 11.8. The van der Waals surface area contributed by atoms with Crippen molar-refractivity contribution in [2.45, 2.75) is 13.8 Å². The number of piperazine rings is 1. The molecule has 1 aliphatic rings. The number of nitrogens with zero attached hydrogens (tertiary/aromatic N) is 1. The van der Waals surface area contributed by atoms with Gasteiger partial charge in [0.05, 0.1) is 0 Å². The standard InChI is InChI=1S/C16H25N3O2/c1-13-3-4-15(14(2)11-13)21-12-16(20)18-7-10-19-8-5-17-6-9-19/h3-4,11,17H,5-10,12H2,1-2H3,(H,18,20). The van der Waals surface area contributed by atoms with E-state index >= 15 is 0 Å². The lowest BCUT2D eigenvalue weighted by Crippen LogP contribution is -2.46. The molecule has 21 heavy (non-hydrogen) atoms. The van der Waals surface area contributed by atoms with Crippen molar-refractivity contribution in [3.8, 4) is 5.75 Å². The van der Waals surface area contributed by atoms with E-state index in [0.717, 1.165) is 44.0 Å². The van der Waals surface area contributed by atoms with Crippen LogP contribution in [-0.2, 0) is 4.79 Å². The SMILES string of the molecule is Cc1ccc(OCC(=O)NCCN2CCNCC2)c(C)c1. The summed E-state index contributed by atoms with van der Waals surface area (Å²) in [6, 6.07) is 5.96. The summed E-state index contributed by atoms with van der Waals surface area (Å²) in [4.78, 5) is 14.1. The number of ether oxygens (including phenoxy) is 1. The van der Waals surface area contributed by atoms with Gasteiger partial charge >= 0.3 is 0 Å². The van der Waals surface area contributed by atoms with Crippen LogP contribution in [0.3, 0.4) is 0 Å². The normalized spacial score (nSPS) is 15.7. The molecule has 2 N–H and O–H groups in total. The largest absolute Gasteiger partial charge is 0.484 e. The van der Waals surface area contributed by atoms with Crippen molar-refractivity contribution in [3.63, 3.8) is 0 Å². The highest BCUT2D eigenvalue weighted by Crippen LogP contribution is 2.18. The van der Waals surface area contributed by atoms with Crippen LogP contribution in [0.15, 0.2) is 18.2 Å². The first-order valence-corrected chi connectivity index (χ1v) is 7.55. The van der Waals surface area contributed by atoms with Gasteiger partial charge in [0.15, 0.2) is 6.61 Å². The lowest BCUT2D eigenvalue weighted by molar-refractivity contribution is -0.123. The molecule has 0 aliphatic carbocycles. The molecule has 0 unspecified atom stereocenters. The molecule has 0 saturated carbocycles. The molecule has 0 atom stereocenters. The van der Waals surface area contributed by atoms with Crippen LogP contribution >= 0.6 is 0 Å². The molecule has 1 heterocycles. The molecule has 1 fully saturated rings. The Balaban J connectivity index is 1.65. The van der Waals surface area contributed by atoms with Crippen LogP contribution < -0.4 is 15.4 Å². The van der Waals surface area contributed by atoms with Gasteiger partial charge in [-0.15, -0.1) is 0 Å². The molecule has 1 aromatic carbocycles. The second kappa shape index (κ2) is 8.00. The minimum absolute atomic E-state index is 0.0647. The molecule has 1 saturated heterocycles. The van der Waals surface area contributed by atoms with E-state index < -0.39 is 0 Å². The van der Waals surface area contributed by atoms with Gasteiger partial charge in [-0.05, 0) is 25.5 Å². The smallest absolute Gasteiger partial charge is 0.257 e. The second-order valence-electron chi connectivity index (χ2n) is 5.50. The zero-order valence-electron chi connectivity index (χ0n) is 12.9. The van der Waals surface area contributed by atoms with E-state index in [1.165, 1.54) is 5.56 Å². The van der Waals surface area contributed by atoms with Crippen molar-refractivity contribution >= 4 is 5.91 Å². The van der Waals surface area contributed by atoms with E-state index in [-0.39, 0.29) is 12.5 Å². The first-order valence-electron chi connectivity index (χ1n) is 7.55. The van der Waals surface area contributed by atoms with Gasteiger partial charge in [0.1, 0.15) is 5.75 Å². The van der Waals surface area contributed by atoms with E-state index in [0.29, 0.717) is 6.54 Å². The lowest BCUT2D eigenvalue weighted by Gasteiger charge is -2.27. The van der Waals surface area contributed by atoms with Crippen LogP contribution in [0.1, 0.15) is 11.1 Å². The summed E-state index contributed by atoms with van der Waals surface area (Å²) >= 11 is 0. The van der Waals surface area contributed by atoms with Crippen LogP contribution in [-0.4, -0.2) is 56.7 Å². The topological polar surface area (TPSA) is 53.6 Å². The zero-order valence-corrected chi connectivity index (χ0v) is 12.9. The van der Waals surface area contributed by atoms with Crippen molar-refractivity contribution in [1.82, 2.24) is 15.5 Å². The Morgan fingerprint density at radius 3 is 2.81 bits per heavy atom. The average Bonchev–Trinajstić information content (AvgIpc) is 2.47. The van der Waals surface area contributed by atoms with Gasteiger partial charge in [-0.1, -0.05) is 17.7 Å². The summed E-state index contributed by atoms with van der Waals surface area (Å²) in [5.74, 6) is 0.711. The zero-order chi connectivity index (χ0) is 15.1. The number of benzene rings is 1. The molecule has 0 bridgehead atoms. The number of carbonyl (C=O) groups is 1. The fourth-order valence-corrected chi connectivity index (χ4v) is 2.44. The van der Waals surface area contributed by atoms with Gasteiger partial charge in [0.2, 0.25) is 0 Å². The predicted molar refractivity (Wildman–Crippen MR) is 83.7 cm³/mol. The van der Waals surface area contributed by atoms with Crippen LogP contribution in [0.5, 0.6) is 5.75 Å². The highest BCUT2D eigenvalue weighted by atomic mass is 16.5. The quantitative estimate of drug-likeness (QED) is 0.810. The minimum atomic E-state index is -0.0647. The molecule has 0 radical (unpaired) electrons. The predicted octanol–water partition coefficient (Wildman–Crippen LogP) is 0.704. The summed E-state index contributed by atoms with van der Waals surface area (Å²) in [5.41, 5.74) is 2.25. The molecule has 1 aromatic rings. The van der Waals surface area contributed by atoms with Crippen molar-refractivity contribution in [3.05, 3.63) is 29.3 Å². The number of amides is 1. The van der Waals surface area contributed by atoms with Gasteiger partial charge in [0.25, 0.3) is 5.91 Å². The van der Waals surface area contributed by atoms with Crippen LogP contribution in [0.25, 0.3) is 0 Å². The fraction of sp³-hybridized carbons (Fsp3) is 0.562. The van der Waals surface area contributed by atoms with Gasteiger partial charge in [0, 0.05) is 39.3 Å². The average molecular weight is 291 g/mol. The molecular formula is C16H25N3O2. The number of nitrogens with one attached hydrogen (secondary N) is 2. The summed E-state index contributed by atoms with van der Waals surface area (Å²) < 4.78 is 5.56. The Morgan fingerprint density at radius 1 is 1.33 bits per heavy atom. The highest BCUT2D eigenvalue weighted by Gasteiger charge is 2.10. The lowest BCUT2D eigenvalue weighted by atomic mass is 10.1. The summed E-state index contributed by atoms with van der Waals surface area (Å²) in [6.45, 7) is 9.85. The Hall–Kier alpha value is -1.59. The molecular weight excluding hydrogens is 266 g/mol. The van der Waals surface area contributed by atoms with Gasteiger partial charge in [-0.3, -0.25) is 9.69 Å². The molecule has 2 rings (SSSR count). The van der Waals surface area contributed by atoms with E-state index in [1.807, 2.05) is 26.0 Å². The number of aryl methyl sites for hydroxylation is 2. The molecule has 1 amide bonds. The van der Waals surface area contributed by atoms with Gasteiger partial charge < -0.3 is 15.4 Å². The summed E-state index contributed by atoms with van der Waals surface area (Å²) in [5, 5.41) is 6.22. The number of hydrogen-bond acceptors (Lipinski definition) is 4. The fourth-order valence-electron chi connectivity index (χ4n) is 2.44. The maximum atomic E-state index is 11.8. The number of hydrogen-bond donors (Lipinski definition) is 2. The Bertz CT molecular complexity index is 471. The Labute approximate surface area is 126 Å². The van der Waals surface area contributed by atoms with Crippen LogP contribution in [0.4, 0.5) is 0 Å². The van der Waals surface area contributed by atoms with Gasteiger partial charge in [-0.2, -0.15) is 0 Å². The molecule has 5 nitrogen and oxygen atoms in total. The second-order valence-corrected chi connectivity index (χ2v) is 5.50. The van der Waals surface area contributed by atoms with E-state index in [4.69, 9.17) is 4.74 Å². The molecule has 0 spiro atoms. The summed E-state index contributed by atoms with van der Waals surface area (Å²) in [7, 11) is 0. The van der Waals surface area contributed by atoms with E-state index in [9.17, 15) is 4.79 Å². The van der Waals surface area contributed by atoms with Crippen molar-refractivity contribution in [2.75, 3.05) is 45.9 Å². The summed E-state index contributed by atoms with van der Waals surface area (Å²) in [6.07, 6.45) is 0. The van der Waals surface area contributed by atoms with E-state index in [1.54, 1.807) is 0 Å². The Kier molecular flexibility index (Phi) is 6.02. The minimum Gasteiger partial charge on any atom is -0.484 e. The van der Waals surface area contributed by atoms with E-state index in [2.05, 4.69) is 21.6 Å². The highest BCUT2D eigenvalue weighted by molar-refractivity contribution is 5.77. The van der Waals surface area contributed by atoms with Gasteiger partial charge in [-0.25, -0.2) is 0 Å². The molecule has 5 heteroatoms. The monoisotopic (exact) mass is 291 g/mol. The molecule has 0 aromatic heterocycles. The number of rotatable bonds is 6. The van der Waals surface area contributed by atoms with Crippen molar-refractivity contribution in [2.24, 2.45) is 0 Å². The number of carbonyl (C=O) groups excluding carboxylic acids is 1. The maximum Gasteiger partial charge on any atom is 0.257 e. The first-order chi connectivity index (χ1) is 10.1. The first kappa shape index (κ1) is 15.8. The van der Waals surface area contributed by atoms with Crippen LogP contribution in [0, 0.1) is 13.8 Å². The molecule has 116 valence electrons. The van der Waals surface area contributed by atoms with Crippen molar-refractivity contribution in [1.29, 1.82) is 0 Å². The molecule has 1 aliphatic heterocycles.